The first-order valence-corrected chi connectivity index (χ1v) is 6.51. The Hall–Kier alpha value is -2.69. The van der Waals surface area contributed by atoms with Crippen LogP contribution >= 0.6 is 0 Å². The molecule has 0 atom stereocenters. The number of Topliss-reactive ketones (excluding diaryl/α,β-unsaturated/α-hetero) is 1. The molecule has 0 heterocycles. The summed E-state index contributed by atoms with van der Waals surface area (Å²) >= 11 is 0. The third kappa shape index (κ3) is 3.66. The van der Waals surface area contributed by atoms with Crippen LogP contribution in [-0.4, -0.2) is 17.8 Å². The third-order valence-electron chi connectivity index (χ3n) is 3.19. The number of nitro benzene ring substituents is 1. The van der Waals surface area contributed by atoms with Crippen LogP contribution in [0.4, 0.5) is 5.69 Å². The molecule has 2 aromatic rings. The van der Waals surface area contributed by atoms with Crippen molar-refractivity contribution in [2.75, 3.05) is 7.11 Å². The molecule has 0 unspecified atom stereocenters. The molecule has 0 bridgehead atoms. The van der Waals surface area contributed by atoms with Crippen molar-refractivity contribution in [1.29, 1.82) is 0 Å². The molecule has 5 heteroatoms. The maximum Gasteiger partial charge on any atom is 0.269 e. The van der Waals surface area contributed by atoms with Crippen LogP contribution in [0.3, 0.4) is 0 Å². The Kier molecular flexibility index (Phi) is 4.66. The van der Waals surface area contributed by atoms with Crippen molar-refractivity contribution < 1.29 is 14.5 Å². The fourth-order valence-electron chi connectivity index (χ4n) is 2.09. The highest BCUT2D eigenvalue weighted by Gasteiger charge is 2.13. The Morgan fingerprint density at radius 1 is 1.19 bits per heavy atom. The van der Waals surface area contributed by atoms with Gasteiger partial charge in [0.2, 0.25) is 0 Å². The number of hydrogen-bond donors (Lipinski definition) is 0. The van der Waals surface area contributed by atoms with Crippen molar-refractivity contribution in [3.8, 4) is 5.75 Å². The summed E-state index contributed by atoms with van der Waals surface area (Å²) in [6.07, 6.45) is 0.681. The minimum absolute atomic E-state index is 0.00189. The summed E-state index contributed by atoms with van der Waals surface area (Å²) < 4.78 is 5.18. The maximum absolute atomic E-state index is 12.1. The lowest BCUT2D eigenvalue weighted by molar-refractivity contribution is -0.384. The Balaban J connectivity index is 2.13. The number of non-ortho nitro benzene ring substituents is 1. The van der Waals surface area contributed by atoms with Gasteiger partial charge in [0, 0.05) is 29.7 Å². The normalized spacial score (nSPS) is 10.1. The van der Waals surface area contributed by atoms with Gasteiger partial charge in [-0.3, -0.25) is 14.9 Å². The number of aryl methyl sites for hydroxylation is 1. The monoisotopic (exact) mass is 285 g/mol. The van der Waals surface area contributed by atoms with Crippen LogP contribution in [0.15, 0.2) is 48.5 Å². The molecule has 0 N–H and O–H groups in total. The van der Waals surface area contributed by atoms with E-state index in [-0.39, 0.29) is 17.9 Å². The molecule has 2 aromatic carbocycles. The van der Waals surface area contributed by atoms with Gasteiger partial charge in [-0.15, -0.1) is 0 Å². The van der Waals surface area contributed by atoms with E-state index in [1.165, 1.54) is 19.2 Å². The molecule has 0 fully saturated rings. The van der Waals surface area contributed by atoms with Crippen LogP contribution in [0.1, 0.15) is 22.3 Å². The van der Waals surface area contributed by atoms with Crippen molar-refractivity contribution in [3.05, 3.63) is 69.8 Å². The van der Waals surface area contributed by atoms with Gasteiger partial charge in [-0.25, -0.2) is 0 Å². The summed E-state index contributed by atoms with van der Waals surface area (Å²) in [6, 6.07) is 13.4. The number of hydrogen-bond acceptors (Lipinski definition) is 4. The van der Waals surface area contributed by atoms with Crippen molar-refractivity contribution in [3.63, 3.8) is 0 Å². The van der Waals surface area contributed by atoms with E-state index < -0.39 is 4.92 Å². The predicted octanol–water partition coefficient (Wildman–Crippen LogP) is 3.42. The van der Waals surface area contributed by atoms with Gasteiger partial charge < -0.3 is 4.74 Å². The van der Waals surface area contributed by atoms with E-state index >= 15 is 0 Å². The zero-order chi connectivity index (χ0) is 15.2. The first-order valence-electron chi connectivity index (χ1n) is 6.51. The molecule has 0 radical (unpaired) electrons. The van der Waals surface area contributed by atoms with Crippen LogP contribution < -0.4 is 4.74 Å². The highest BCUT2D eigenvalue weighted by molar-refractivity contribution is 5.96. The number of methoxy groups -OCH3 is 1. The lowest BCUT2D eigenvalue weighted by Crippen LogP contribution is -2.02. The van der Waals surface area contributed by atoms with Gasteiger partial charge in [0.25, 0.3) is 5.69 Å². The fraction of sp³-hybridized carbons (Fsp3) is 0.188. The van der Waals surface area contributed by atoms with Gasteiger partial charge in [-0.2, -0.15) is 0 Å². The first-order chi connectivity index (χ1) is 10.1. The molecule has 0 aliphatic carbocycles. The van der Waals surface area contributed by atoms with E-state index in [1.807, 2.05) is 6.07 Å². The van der Waals surface area contributed by atoms with E-state index in [1.54, 1.807) is 30.3 Å². The number of benzene rings is 2. The quantitative estimate of drug-likeness (QED) is 0.463. The summed E-state index contributed by atoms with van der Waals surface area (Å²) in [5, 5.41) is 10.8. The molecular weight excluding hydrogens is 270 g/mol. The Morgan fingerprint density at radius 2 is 1.90 bits per heavy atom. The Bertz CT molecular complexity index is 653. The van der Waals surface area contributed by atoms with E-state index in [4.69, 9.17) is 4.74 Å². The van der Waals surface area contributed by atoms with Crippen molar-refractivity contribution in [2.24, 2.45) is 0 Å². The number of ether oxygens (including phenoxy) is 1. The number of nitrogens with zero attached hydrogens (tertiary/aromatic N) is 1. The zero-order valence-electron chi connectivity index (χ0n) is 11.6. The van der Waals surface area contributed by atoms with Crippen LogP contribution in [0.5, 0.6) is 5.75 Å². The maximum atomic E-state index is 12.1. The smallest absolute Gasteiger partial charge is 0.269 e. The highest BCUT2D eigenvalue weighted by atomic mass is 16.6. The second-order valence-corrected chi connectivity index (χ2v) is 4.54. The predicted molar refractivity (Wildman–Crippen MR) is 78.7 cm³/mol. The summed E-state index contributed by atoms with van der Waals surface area (Å²) in [5.74, 6) is 0.561. The standard InChI is InChI=1S/C16H15NO4/c1-21-16-10-8-14(17(19)20)11-13(16)7-9-15(18)12-5-3-2-4-6-12/h2-6,8,10-11H,7,9H2,1H3. The molecule has 21 heavy (non-hydrogen) atoms. The summed E-state index contributed by atoms with van der Waals surface area (Å²) in [6.45, 7) is 0. The number of ketones is 1. The van der Waals surface area contributed by atoms with Gasteiger partial charge >= 0.3 is 0 Å². The molecule has 5 nitrogen and oxygen atoms in total. The average molecular weight is 285 g/mol. The number of nitro groups is 1. The topological polar surface area (TPSA) is 69.4 Å². The van der Waals surface area contributed by atoms with Crippen molar-refractivity contribution in [2.45, 2.75) is 12.8 Å². The molecule has 0 saturated heterocycles. The Labute approximate surface area is 122 Å². The number of carbonyl (C=O) groups is 1. The molecule has 0 saturated carbocycles. The molecule has 108 valence electrons. The molecule has 0 aliphatic rings. The minimum atomic E-state index is -0.456. The molecule has 2 rings (SSSR count). The average Bonchev–Trinajstić information content (AvgIpc) is 2.53. The fourth-order valence-corrected chi connectivity index (χ4v) is 2.09. The highest BCUT2D eigenvalue weighted by Crippen LogP contribution is 2.25. The largest absolute Gasteiger partial charge is 0.496 e. The summed E-state index contributed by atoms with van der Waals surface area (Å²) in [7, 11) is 1.50. The van der Waals surface area contributed by atoms with Gasteiger partial charge in [-0.05, 0) is 12.5 Å². The van der Waals surface area contributed by atoms with Crippen LogP contribution in [-0.2, 0) is 6.42 Å². The zero-order valence-corrected chi connectivity index (χ0v) is 11.6. The van der Waals surface area contributed by atoms with Crippen molar-refractivity contribution in [1.82, 2.24) is 0 Å². The molecule has 0 spiro atoms. The van der Waals surface area contributed by atoms with E-state index in [2.05, 4.69) is 0 Å². The van der Waals surface area contributed by atoms with Gasteiger partial charge in [0.1, 0.15) is 5.75 Å². The first kappa shape index (κ1) is 14.7. The van der Waals surface area contributed by atoms with E-state index in [9.17, 15) is 14.9 Å². The van der Waals surface area contributed by atoms with E-state index in [0.717, 1.165) is 0 Å². The lowest BCUT2D eigenvalue weighted by atomic mass is 10.0. The second kappa shape index (κ2) is 6.65. The van der Waals surface area contributed by atoms with Gasteiger partial charge in [-0.1, -0.05) is 30.3 Å². The number of carbonyl (C=O) groups excluding carboxylic acids is 1. The Morgan fingerprint density at radius 3 is 2.52 bits per heavy atom. The summed E-state index contributed by atoms with van der Waals surface area (Å²) in [5.41, 5.74) is 1.30. The van der Waals surface area contributed by atoms with E-state index in [0.29, 0.717) is 23.3 Å². The minimum Gasteiger partial charge on any atom is -0.496 e. The summed E-state index contributed by atoms with van der Waals surface area (Å²) in [4.78, 5) is 22.4. The van der Waals surface area contributed by atoms with Crippen molar-refractivity contribution >= 4 is 11.5 Å². The van der Waals surface area contributed by atoms with Gasteiger partial charge in [0.05, 0.1) is 12.0 Å². The second-order valence-electron chi connectivity index (χ2n) is 4.54. The molecule has 0 amide bonds. The van der Waals surface area contributed by atoms with Crippen LogP contribution in [0, 0.1) is 10.1 Å². The SMILES string of the molecule is COc1ccc([N+](=O)[O-])cc1CCC(=O)c1ccccc1. The lowest BCUT2D eigenvalue weighted by Gasteiger charge is -2.08. The van der Waals surface area contributed by atoms with Gasteiger partial charge in [0.15, 0.2) is 5.78 Å². The third-order valence-corrected chi connectivity index (χ3v) is 3.19. The molecule has 0 aromatic heterocycles. The van der Waals surface area contributed by atoms with Crippen LogP contribution in [0.25, 0.3) is 0 Å². The van der Waals surface area contributed by atoms with Crippen LogP contribution in [0.2, 0.25) is 0 Å². The number of rotatable bonds is 6. The molecular formula is C16H15NO4. The molecule has 0 aliphatic heterocycles.